The summed E-state index contributed by atoms with van der Waals surface area (Å²) in [7, 11) is 2.28. The predicted molar refractivity (Wildman–Crippen MR) is 114 cm³/mol. The molecule has 3 aliphatic rings. The van der Waals surface area contributed by atoms with E-state index in [0.29, 0.717) is 6.04 Å². The van der Waals surface area contributed by atoms with Crippen molar-refractivity contribution in [3.63, 3.8) is 0 Å². The largest absolute Gasteiger partial charge is 0.378 e. The van der Waals surface area contributed by atoms with Crippen molar-refractivity contribution in [1.29, 1.82) is 0 Å². The molecule has 1 aromatic carbocycles. The first-order chi connectivity index (χ1) is 13.7. The number of pyridine rings is 1. The number of benzene rings is 1. The molecule has 5 nitrogen and oxygen atoms in total. The molecule has 1 aromatic heterocycles. The van der Waals surface area contributed by atoms with E-state index in [1.807, 2.05) is 0 Å². The first kappa shape index (κ1) is 18.3. The number of likely N-dealkylation sites (tertiary alicyclic amines) is 1. The van der Waals surface area contributed by atoms with Gasteiger partial charge in [-0.1, -0.05) is 12.1 Å². The van der Waals surface area contributed by atoms with Crippen molar-refractivity contribution in [2.45, 2.75) is 44.8 Å². The first-order valence-corrected chi connectivity index (χ1v) is 10.8. The van der Waals surface area contributed by atoms with E-state index in [4.69, 9.17) is 9.72 Å². The fourth-order valence-electron chi connectivity index (χ4n) is 5.27. The Bertz CT molecular complexity index is 848. The lowest BCUT2D eigenvalue weighted by atomic mass is 10.1. The molecule has 5 rings (SSSR count). The SMILES string of the molecule is Cc1ccc2cc(CN3[C@@H]4CC[C@H]3CN(C)CC4)c(N3CCOCC3)nc2c1. The van der Waals surface area contributed by atoms with Gasteiger partial charge in [0, 0.05) is 49.2 Å². The lowest BCUT2D eigenvalue weighted by Crippen LogP contribution is -2.40. The van der Waals surface area contributed by atoms with E-state index in [1.54, 1.807) is 0 Å². The molecule has 28 heavy (non-hydrogen) atoms. The highest BCUT2D eigenvalue weighted by Crippen LogP contribution is 2.34. The number of nitrogens with zero attached hydrogens (tertiary/aromatic N) is 4. The zero-order valence-electron chi connectivity index (χ0n) is 17.2. The summed E-state index contributed by atoms with van der Waals surface area (Å²) < 4.78 is 5.60. The molecule has 150 valence electrons. The summed E-state index contributed by atoms with van der Waals surface area (Å²) in [5.74, 6) is 1.18. The van der Waals surface area contributed by atoms with E-state index >= 15 is 0 Å². The second-order valence-electron chi connectivity index (χ2n) is 8.87. The first-order valence-electron chi connectivity index (χ1n) is 10.8. The van der Waals surface area contributed by atoms with Crippen molar-refractivity contribution in [2.75, 3.05) is 51.3 Å². The van der Waals surface area contributed by atoms with Gasteiger partial charge in [0.15, 0.2) is 0 Å². The fraction of sp³-hybridized carbons (Fsp3) is 0.609. The normalized spacial score (nSPS) is 26.7. The quantitative estimate of drug-likeness (QED) is 0.817. The molecule has 0 amide bonds. The van der Waals surface area contributed by atoms with Crippen LogP contribution in [0.15, 0.2) is 24.3 Å². The van der Waals surface area contributed by atoms with Crippen LogP contribution in [-0.4, -0.2) is 73.3 Å². The van der Waals surface area contributed by atoms with Crippen LogP contribution in [0, 0.1) is 6.92 Å². The van der Waals surface area contributed by atoms with Crippen LogP contribution >= 0.6 is 0 Å². The van der Waals surface area contributed by atoms with E-state index < -0.39 is 0 Å². The Balaban J connectivity index is 1.52. The van der Waals surface area contributed by atoms with Gasteiger partial charge in [0.25, 0.3) is 0 Å². The molecule has 3 aliphatic heterocycles. The smallest absolute Gasteiger partial charge is 0.133 e. The Labute approximate surface area is 168 Å². The molecule has 2 aromatic rings. The Hall–Kier alpha value is -1.69. The van der Waals surface area contributed by atoms with Gasteiger partial charge >= 0.3 is 0 Å². The third kappa shape index (κ3) is 3.51. The maximum atomic E-state index is 5.60. The Kier molecular flexibility index (Phi) is 4.99. The minimum atomic E-state index is 0.684. The van der Waals surface area contributed by atoms with Crippen LogP contribution in [0.5, 0.6) is 0 Å². The second kappa shape index (κ2) is 7.62. The van der Waals surface area contributed by atoms with Crippen molar-refractivity contribution in [2.24, 2.45) is 0 Å². The van der Waals surface area contributed by atoms with Crippen molar-refractivity contribution in [3.8, 4) is 0 Å². The summed E-state index contributed by atoms with van der Waals surface area (Å²) >= 11 is 0. The van der Waals surface area contributed by atoms with Gasteiger partial charge in [-0.25, -0.2) is 4.98 Å². The van der Waals surface area contributed by atoms with Crippen LogP contribution in [0.4, 0.5) is 5.82 Å². The summed E-state index contributed by atoms with van der Waals surface area (Å²) in [5.41, 5.74) is 3.78. The molecule has 0 unspecified atom stereocenters. The highest BCUT2D eigenvalue weighted by molar-refractivity contribution is 5.82. The molecular formula is C23H32N4O. The number of ether oxygens (including phenoxy) is 1. The lowest BCUT2D eigenvalue weighted by Gasteiger charge is -2.33. The molecule has 0 N–H and O–H groups in total. The number of anilines is 1. The van der Waals surface area contributed by atoms with Crippen molar-refractivity contribution >= 4 is 16.7 Å². The molecule has 2 atom stereocenters. The number of aromatic nitrogens is 1. The molecule has 0 spiro atoms. The van der Waals surface area contributed by atoms with Crippen molar-refractivity contribution < 1.29 is 4.74 Å². The minimum Gasteiger partial charge on any atom is -0.378 e. The van der Waals surface area contributed by atoms with Gasteiger partial charge < -0.3 is 14.5 Å². The molecular weight excluding hydrogens is 348 g/mol. The third-order valence-electron chi connectivity index (χ3n) is 6.83. The fourth-order valence-corrected chi connectivity index (χ4v) is 5.27. The molecule has 2 bridgehead atoms. The van der Waals surface area contributed by atoms with Crippen LogP contribution in [0.25, 0.3) is 10.9 Å². The van der Waals surface area contributed by atoms with E-state index in [0.717, 1.165) is 44.4 Å². The summed E-state index contributed by atoms with van der Waals surface area (Å²) in [6.45, 7) is 9.06. The Morgan fingerprint density at radius 3 is 2.71 bits per heavy atom. The number of rotatable bonds is 3. The Morgan fingerprint density at radius 2 is 1.86 bits per heavy atom. The van der Waals surface area contributed by atoms with Gasteiger partial charge in [-0.3, -0.25) is 4.90 Å². The predicted octanol–water partition coefficient (Wildman–Crippen LogP) is 3.05. The van der Waals surface area contributed by atoms with Crippen molar-refractivity contribution in [3.05, 3.63) is 35.4 Å². The van der Waals surface area contributed by atoms with Crippen LogP contribution in [0.1, 0.15) is 30.4 Å². The number of morpholine rings is 1. The summed E-state index contributed by atoms with van der Waals surface area (Å²) in [6, 6.07) is 10.5. The minimum absolute atomic E-state index is 0.684. The van der Waals surface area contributed by atoms with Crippen LogP contribution in [-0.2, 0) is 11.3 Å². The zero-order chi connectivity index (χ0) is 19.1. The maximum absolute atomic E-state index is 5.60. The third-order valence-corrected chi connectivity index (χ3v) is 6.83. The van der Waals surface area contributed by atoms with Gasteiger partial charge in [-0.05, 0) is 57.5 Å². The standard InChI is InChI=1S/C23H32N4O/c1-17-3-4-18-14-19(15-27-20-5-6-21(27)16-25(2)8-7-20)23(24-22(18)13-17)26-9-11-28-12-10-26/h3-4,13-14,20-21H,5-12,15-16H2,1-2H3/t20-,21+/m1/s1. The van der Waals surface area contributed by atoms with E-state index in [9.17, 15) is 0 Å². The lowest BCUT2D eigenvalue weighted by molar-refractivity contribution is 0.122. The summed E-state index contributed by atoms with van der Waals surface area (Å²) in [6.07, 6.45) is 3.98. The monoisotopic (exact) mass is 380 g/mol. The molecule has 3 saturated heterocycles. The second-order valence-corrected chi connectivity index (χ2v) is 8.87. The van der Waals surface area contributed by atoms with Gasteiger partial charge in [0.2, 0.25) is 0 Å². The average Bonchev–Trinajstić information content (AvgIpc) is 2.99. The topological polar surface area (TPSA) is 31.8 Å². The highest BCUT2D eigenvalue weighted by atomic mass is 16.5. The molecule has 0 saturated carbocycles. The van der Waals surface area contributed by atoms with E-state index in [2.05, 4.69) is 52.9 Å². The maximum Gasteiger partial charge on any atom is 0.133 e. The number of hydrogen-bond acceptors (Lipinski definition) is 5. The summed E-state index contributed by atoms with van der Waals surface area (Å²) in [4.78, 5) is 12.9. The summed E-state index contributed by atoms with van der Waals surface area (Å²) in [5, 5.41) is 1.26. The van der Waals surface area contributed by atoms with Gasteiger partial charge in [-0.2, -0.15) is 0 Å². The Morgan fingerprint density at radius 1 is 1.04 bits per heavy atom. The molecule has 3 fully saturated rings. The van der Waals surface area contributed by atoms with Crippen LogP contribution in [0.2, 0.25) is 0 Å². The van der Waals surface area contributed by atoms with Gasteiger partial charge in [0.05, 0.1) is 18.7 Å². The molecule has 5 heteroatoms. The van der Waals surface area contributed by atoms with Crippen LogP contribution < -0.4 is 4.90 Å². The number of aryl methyl sites for hydroxylation is 1. The number of hydrogen-bond donors (Lipinski definition) is 0. The highest BCUT2D eigenvalue weighted by Gasteiger charge is 2.37. The van der Waals surface area contributed by atoms with Gasteiger partial charge in [0.1, 0.15) is 5.82 Å². The number of likely N-dealkylation sites (N-methyl/N-ethyl adjacent to an activating group) is 1. The average molecular weight is 381 g/mol. The van der Waals surface area contributed by atoms with E-state index in [1.165, 1.54) is 54.7 Å². The number of fused-ring (bicyclic) bond motifs is 3. The molecule has 0 radical (unpaired) electrons. The van der Waals surface area contributed by atoms with E-state index in [-0.39, 0.29) is 0 Å². The zero-order valence-corrected chi connectivity index (χ0v) is 17.2. The van der Waals surface area contributed by atoms with Crippen LogP contribution in [0.3, 0.4) is 0 Å². The van der Waals surface area contributed by atoms with Gasteiger partial charge in [-0.15, -0.1) is 0 Å². The van der Waals surface area contributed by atoms with Crippen molar-refractivity contribution in [1.82, 2.24) is 14.8 Å². The molecule has 4 heterocycles. The molecule has 0 aliphatic carbocycles.